The fourth-order valence-electron chi connectivity index (χ4n) is 2.20. The van der Waals surface area contributed by atoms with E-state index < -0.39 is 0 Å². The molecule has 1 atom stereocenters. The molecule has 2 heterocycles. The Morgan fingerprint density at radius 2 is 2.18 bits per heavy atom. The van der Waals surface area contributed by atoms with Gasteiger partial charge >= 0.3 is 0 Å². The molecule has 1 aliphatic heterocycles. The summed E-state index contributed by atoms with van der Waals surface area (Å²) in [6.07, 6.45) is 2.55. The van der Waals surface area contributed by atoms with Crippen molar-refractivity contribution < 1.29 is 9.21 Å². The van der Waals surface area contributed by atoms with Crippen LogP contribution in [0.1, 0.15) is 36.1 Å². The maximum atomic E-state index is 11.8. The first-order chi connectivity index (χ1) is 8.16. The number of nitrogens with one attached hydrogen (secondary N) is 1. The average Bonchev–Trinajstić information content (AvgIpc) is 2.95. The number of amides is 1. The fourth-order valence-corrected chi connectivity index (χ4v) is 2.20. The van der Waals surface area contributed by atoms with Crippen LogP contribution in [0.4, 0.5) is 0 Å². The smallest absolute Gasteiger partial charge is 0.287 e. The van der Waals surface area contributed by atoms with Crippen molar-refractivity contribution in [1.82, 2.24) is 10.2 Å². The molecule has 1 aromatic heterocycles. The summed E-state index contributed by atoms with van der Waals surface area (Å²) in [5, 5.41) is 2.91. The van der Waals surface area contributed by atoms with E-state index in [1.165, 1.54) is 12.8 Å². The summed E-state index contributed by atoms with van der Waals surface area (Å²) in [4.78, 5) is 14.2. The van der Waals surface area contributed by atoms with Gasteiger partial charge < -0.3 is 9.73 Å². The lowest BCUT2D eigenvalue weighted by atomic mass is 10.3. The Hall–Kier alpha value is -1.29. The first kappa shape index (κ1) is 12.2. The van der Waals surface area contributed by atoms with E-state index >= 15 is 0 Å². The number of aryl methyl sites for hydroxylation is 1. The van der Waals surface area contributed by atoms with Gasteiger partial charge in [-0.2, -0.15) is 0 Å². The fraction of sp³-hybridized carbons (Fsp3) is 0.615. The van der Waals surface area contributed by atoms with Gasteiger partial charge in [0.05, 0.1) is 0 Å². The lowest BCUT2D eigenvalue weighted by molar-refractivity contribution is 0.0911. The zero-order valence-corrected chi connectivity index (χ0v) is 10.5. The van der Waals surface area contributed by atoms with Gasteiger partial charge in [-0.15, -0.1) is 0 Å². The molecule has 4 nitrogen and oxygen atoms in total. The van der Waals surface area contributed by atoms with Crippen LogP contribution in [0.2, 0.25) is 0 Å². The summed E-state index contributed by atoms with van der Waals surface area (Å²) >= 11 is 0. The number of hydrogen-bond donors (Lipinski definition) is 1. The molecule has 1 amide bonds. The molecule has 0 saturated carbocycles. The molecule has 0 aliphatic carbocycles. The van der Waals surface area contributed by atoms with E-state index in [9.17, 15) is 4.79 Å². The molecule has 1 fully saturated rings. The third kappa shape index (κ3) is 3.09. The van der Waals surface area contributed by atoms with Crippen LogP contribution in [0.25, 0.3) is 0 Å². The molecule has 0 unspecified atom stereocenters. The molecule has 1 aromatic rings. The standard InChI is InChI=1S/C13H20N2O2/c1-10(15-7-3-4-8-15)9-14-13(16)12-6-5-11(2)17-12/h5-6,10H,3-4,7-9H2,1-2H3,(H,14,16)/t10-/m1/s1. The van der Waals surface area contributed by atoms with Gasteiger partial charge in [0.15, 0.2) is 5.76 Å². The van der Waals surface area contributed by atoms with E-state index in [-0.39, 0.29) is 5.91 Å². The second kappa shape index (κ2) is 5.36. The van der Waals surface area contributed by atoms with Crippen LogP contribution in [0.15, 0.2) is 16.5 Å². The topological polar surface area (TPSA) is 45.5 Å². The highest BCUT2D eigenvalue weighted by atomic mass is 16.3. The van der Waals surface area contributed by atoms with E-state index in [1.54, 1.807) is 12.1 Å². The van der Waals surface area contributed by atoms with Crippen molar-refractivity contribution in [2.75, 3.05) is 19.6 Å². The normalized spacial score (nSPS) is 18.2. The van der Waals surface area contributed by atoms with Crippen LogP contribution < -0.4 is 5.32 Å². The van der Waals surface area contributed by atoms with Crippen molar-refractivity contribution in [3.8, 4) is 0 Å². The minimum Gasteiger partial charge on any atom is -0.456 e. The maximum absolute atomic E-state index is 11.8. The molecule has 0 bridgehead atoms. The predicted octanol–water partition coefficient (Wildman–Crippen LogP) is 1.80. The molecule has 1 saturated heterocycles. The summed E-state index contributed by atoms with van der Waals surface area (Å²) in [5.74, 6) is 1.04. The second-order valence-corrected chi connectivity index (χ2v) is 4.71. The van der Waals surface area contributed by atoms with Gasteiger partial charge in [-0.3, -0.25) is 9.69 Å². The molecular formula is C13H20N2O2. The van der Waals surface area contributed by atoms with Crippen molar-refractivity contribution in [3.63, 3.8) is 0 Å². The van der Waals surface area contributed by atoms with Gasteiger partial charge in [-0.05, 0) is 51.9 Å². The Bertz CT molecular complexity index is 381. The van der Waals surface area contributed by atoms with E-state index in [4.69, 9.17) is 4.42 Å². The third-order valence-electron chi connectivity index (χ3n) is 3.29. The number of carbonyl (C=O) groups is 1. The number of nitrogens with zero attached hydrogens (tertiary/aromatic N) is 1. The van der Waals surface area contributed by atoms with E-state index in [1.807, 2.05) is 6.92 Å². The van der Waals surface area contributed by atoms with Crippen molar-refractivity contribution in [3.05, 3.63) is 23.7 Å². The molecule has 0 spiro atoms. The summed E-state index contributed by atoms with van der Waals surface area (Å²) in [7, 11) is 0. The van der Waals surface area contributed by atoms with Gasteiger partial charge in [0, 0.05) is 12.6 Å². The van der Waals surface area contributed by atoms with Gasteiger partial charge in [0.1, 0.15) is 5.76 Å². The van der Waals surface area contributed by atoms with Crippen LogP contribution in [0.5, 0.6) is 0 Å². The minimum atomic E-state index is -0.121. The van der Waals surface area contributed by atoms with Gasteiger partial charge in [0.25, 0.3) is 5.91 Å². The molecule has 1 N–H and O–H groups in total. The Kier molecular flexibility index (Phi) is 3.84. The lowest BCUT2D eigenvalue weighted by Gasteiger charge is -2.23. The number of carbonyl (C=O) groups excluding carboxylic acids is 1. The van der Waals surface area contributed by atoms with Crippen LogP contribution in [-0.4, -0.2) is 36.5 Å². The Balaban J connectivity index is 1.79. The monoisotopic (exact) mass is 236 g/mol. The van der Waals surface area contributed by atoms with Crippen molar-refractivity contribution in [1.29, 1.82) is 0 Å². The number of likely N-dealkylation sites (tertiary alicyclic amines) is 1. The van der Waals surface area contributed by atoms with Crippen molar-refractivity contribution in [2.45, 2.75) is 32.7 Å². The number of furan rings is 1. The van der Waals surface area contributed by atoms with Crippen molar-refractivity contribution >= 4 is 5.91 Å². The Labute approximate surface area is 102 Å². The lowest BCUT2D eigenvalue weighted by Crippen LogP contribution is -2.40. The number of rotatable bonds is 4. The van der Waals surface area contributed by atoms with Crippen molar-refractivity contribution in [2.24, 2.45) is 0 Å². The first-order valence-electron chi connectivity index (χ1n) is 6.25. The molecule has 0 radical (unpaired) electrons. The zero-order valence-electron chi connectivity index (χ0n) is 10.5. The van der Waals surface area contributed by atoms with Crippen LogP contribution >= 0.6 is 0 Å². The predicted molar refractivity (Wildman–Crippen MR) is 66.0 cm³/mol. The molecule has 4 heteroatoms. The molecule has 2 rings (SSSR count). The molecule has 17 heavy (non-hydrogen) atoms. The Morgan fingerprint density at radius 3 is 2.76 bits per heavy atom. The largest absolute Gasteiger partial charge is 0.456 e. The summed E-state index contributed by atoms with van der Waals surface area (Å²) in [5.41, 5.74) is 0. The molecular weight excluding hydrogens is 216 g/mol. The van der Waals surface area contributed by atoms with Gasteiger partial charge in [0.2, 0.25) is 0 Å². The minimum absolute atomic E-state index is 0.121. The molecule has 1 aliphatic rings. The summed E-state index contributed by atoms with van der Waals surface area (Å²) in [6, 6.07) is 3.92. The van der Waals surface area contributed by atoms with E-state index in [2.05, 4.69) is 17.1 Å². The summed E-state index contributed by atoms with van der Waals surface area (Å²) in [6.45, 7) is 6.97. The maximum Gasteiger partial charge on any atom is 0.287 e. The third-order valence-corrected chi connectivity index (χ3v) is 3.29. The Morgan fingerprint density at radius 1 is 1.47 bits per heavy atom. The first-order valence-corrected chi connectivity index (χ1v) is 6.25. The molecule has 0 aromatic carbocycles. The quantitative estimate of drug-likeness (QED) is 0.867. The van der Waals surface area contributed by atoms with Gasteiger partial charge in [-0.1, -0.05) is 0 Å². The van der Waals surface area contributed by atoms with Crippen LogP contribution in [0.3, 0.4) is 0 Å². The SMILES string of the molecule is Cc1ccc(C(=O)NC[C@@H](C)N2CCCC2)o1. The highest BCUT2D eigenvalue weighted by Crippen LogP contribution is 2.11. The van der Waals surface area contributed by atoms with Crippen LogP contribution in [-0.2, 0) is 0 Å². The molecule has 94 valence electrons. The van der Waals surface area contributed by atoms with E-state index in [0.717, 1.165) is 18.8 Å². The van der Waals surface area contributed by atoms with Crippen LogP contribution in [0, 0.1) is 6.92 Å². The highest BCUT2D eigenvalue weighted by molar-refractivity contribution is 5.91. The van der Waals surface area contributed by atoms with E-state index in [0.29, 0.717) is 18.3 Å². The highest BCUT2D eigenvalue weighted by Gasteiger charge is 2.19. The second-order valence-electron chi connectivity index (χ2n) is 4.71. The zero-order chi connectivity index (χ0) is 12.3. The average molecular weight is 236 g/mol. The van der Waals surface area contributed by atoms with Gasteiger partial charge in [-0.25, -0.2) is 0 Å². The number of hydrogen-bond acceptors (Lipinski definition) is 3. The summed E-state index contributed by atoms with van der Waals surface area (Å²) < 4.78 is 5.28.